The van der Waals surface area contributed by atoms with Crippen LogP contribution in [0.4, 0.5) is 5.82 Å². The number of aromatic nitrogens is 1. The van der Waals surface area contributed by atoms with Crippen LogP contribution in [-0.4, -0.2) is 21.8 Å². The number of pyridine rings is 1. The molecule has 1 aliphatic carbocycles. The number of hydrogen-bond donors (Lipinski definition) is 2. The number of ether oxygens (including phenoxy) is 1. The number of carbonyl (C=O) groups is 1. The zero-order valence-electron chi connectivity index (χ0n) is 14.3. The molecule has 1 heterocycles. The van der Waals surface area contributed by atoms with Gasteiger partial charge < -0.3 is 15.2 Å². The van der Waals surface area contributed by atoms with E-state index < -0.39 is 11.7 Å². The van der Waals surface area contributed by atoms with Gasteiger partial charge in [-0.3, -0.25) is 4.79 Å². The van der Waals surface area contributed by atoms with E-state index in [4.69, 9.17) is 16.3 Å². The summed E-state index contributed by atoms with van der Waals surface area (Å²) in [5, 5.41) is 13.8. The lowest BCUT2D eigenvalue weighted by Gasteiger charge is -2.27. The quantitative estimate of drug-likeness (QED) is 0.786. The summed E-state index contributed by atoms with van der Waals surface area (Å²) in [7, 11) is 0. The molecule has 0 saturated heterocycles. The monoisotopic (exact) mass is 370 g/mol. The van der Waals surface area contributed by atoms with Gasteiger partial charge in [-0.15, -0.1) is 0 Å². The van der Waals surface area contributed by atoms with E-state index in [0.29, 0.717) is 16.4 Å². The molecular weight excluding hydrogens is 352 g/mol. The van der Waals surface area contributed by atoms with Crippen LogP contribution in [-0.2, 0) is 16.1 Å². The van der Waals surface area contributed by atoms with Gasteiger partial charge in [0.25, 0.3) is 5.91 Å². The van der Waals surface area contributed by atoms with Gasteiger partial charge in [-0.05, 0) is 30.7 Å². The number of nitrogens with one attached hydrogen (secondary N) is 1. The second-order valence-electron chi connectivity index (χ2n) is 6.14. The van der Waals surface area contributed by atoms with E-state index in [2.05, 4.69) is 10.3 Å². The number of anilines is 1. The first kappa shape index (κ1) is 18.3. The molecule has 6 heteroatoms. The first-order valence-electron chi connectivity index (χ1n) is 8.18. The molecule has 1 unspecified atom stereocenters. The summed E-state index contributed by atoms with van der Waals surface area (Å²) in [6.07, 6.45) is 6.54. The Bertz CT molecular complexity index is 879. The first-order chi connectivity index (χ1) is 12.4. The molecule has 134 valence electrons. The molecule has 3 rings (SSSR count). The SMILES string of the molecule is Cc1cccc(COC2(O)C=C(C(=O)Nc3cc(Cl)ccn3)C=CC2)c1. The minimum absolute atomic E-state index is 0.243. The number of amides is 1. The first-order valence-corrected chi connectivity index (χ1v) is 8.55. The molecule has 0 saturated carbocycles. The van der Waals surface area contributed by atoms with Crippen LogP contribution in [0.2, 0.25) is 5.02 Å². The van der Waals surface area contributed by atoms with Crippen LogP contribution < -0.4 is 5.32 Å². The van der Waals surface area contributed by atoms with Crippen molar-refractivity contribution in [2.24, 2.45) is 0 Å². The number of benzene rings is 1. The molecule has 1 atom stereocenters. The molecular formula is C20H19ClN2O3. The van der Waals surface area contributed by atoms with Crippen molar-refractivity contribution < 1.29 is 14.6 Å². The van der Waals surface area contributed by atoms with E-state index in [-0.39, 0.29) is 13.0 Å². The third kappa shape index (κ3) is 4.79. The largest absolute Gasteiger partial charge is 0.362 e. The molecule has 1 aromatic carbocycles. The average Bonchev–Trinajstić information content (AvgIpc) is 2.60. The van der Waals surface area contributed by atoms with E-state index in [0.717, 1.165) is 11.1 Å². The van der Waals surface area contributed by atoms with Crippen molar-refractivity contribution in [1.29, 1.82) is 0 Å². The van der Waals surface area contributed by atoms with Crippen LogP contribution in [0.1, 0.15) is 17.5 Å². The Hall–Kier alpha value is -2.47. The fraction of sp³-hybridized carbons (Fsp3) is 0.200. The van der Waals surface area contributed by atoms with Crippen molar-refractivity contribution in [2.45, 2.75) is 25.7 Å². The van der Waals surface area contributed by atoms with Gasteiger partial charge >= 0.3 is 0 Å². The molecule has 1 aliphatic rings. The van der Waals surface area contributed by atoms with Gasteiger partial charge in [-0.2, -0.15) is 0 Å². The fourth-order valence-corrected chi connectivity index (χ4v) is 2.78. The van der Waals surface area contributed by atoms with E-state index >= 15 is 0 Å². The summed E-state index contributed by atoms with van der Waals surface area (Å²) in [6, 6.07) is 11.0. The highest BCUT2D eigenvalue weighted by Gasteiger charge is 2.28. The summed E-state index contributed by atoms with van der Waals surface area (Å²) >= 11 is 5.89. The highest BCUT2D eigenvalue weighted by Crippen LogP contribution is 2.25. The number of carbonyl (C=O) groups excluding carboxylic acids is 1. The Morgan fingerprint density at radius 3 is 3.00 bits per heavy atom. The summed E-state index contributed by atoms with van der Waals surface area (Å²) in [4.78, 5) is 16.4. The lowest BCUT2D eigenvalue weighted by Crippen LogP contribution is -2.32. The fourth-order valence-electron chi connectivity index (χ4n) is 2.62. The summed E-state index contributed by atoms with van der Waals surface area (Å²) in [5.41, 5.74) is 2.37. The number of halogens is 1. The number of hydrogen-bond acceptors (Lipinski definition) is 4. The summed E-state index contributed by atoms with van der Waals surface area (Å²) < 4.78 is 5.67. The normalized spacial score (nSPS) is 19.1. The van der Waals surface area contributed by atoms with Crippen molar-refractivity contribution in [1.82, 2.24) is 4.98 Å². The number of rotatable bonds is 5. The van der Waals surface area contributed by atoms with Gasteiger partial charge in [-0.25, -0.2) is 4.98 Å². The molecule has 2 aromatic rings. The highest BCUT2D eigenvalue weighted by molar-refractivity contribution is 6.30. The van der Waals surface area contributed by atoms with Crippen molar-refractivity contribution in [3.63, 3.8) is 0 Å². The maximum absolute atomic E-state index is 12.4. The van der Waals surface area contributed by atoms with Crippen molar-refractivity contribution in [3.8, 4) is 0 Å². The molecule has 26 heavy (non-hydrogen) atoms. The third-order valence-electron chi connectivity index (χ3n) is 3.89. The second kappa shape index (κ2) is 7.83. The molecule has 0 aliphatic heterocycles. The Kier molecular flexibility index (Phi) is 5.52. The van der Waals surface area contributed by atoms with Crippen LogP contribution in [0.3, 0.4) is 0 Å². The molecule has 1 aromatic heterocycles. The van der Waals surface area contributed by atoms with E-state index in [1.54, 1.807) is 24.3 Å². The van der Waals surface area contributed by atoms with E-state index in [1.165, 1.54) is 12.3 Å². The standard InChI is InChI=1S/C20H19ClN2O3/c1-14-4-2-5-15(10-14)13-26-20(25)8-3-6-16(12-20)19(24)23-18-11-17(21)7-9-22-18/h2-7,9-12,25H,8,13H2,1H3,(H,22,23,24). The van der Waals surface area contributed by atoms with Gasteiger partial charge in [0.15, 0.2) is 5.79 Å². The Labute approximate surface area is 157 Å². The maximum atomic E-state index is 12.4. The number of aryl methyl sites for hydroxylation is 1. The molecule has 0 bridgehead atoms. The van der Waals surface area contributed by atoms with Crippen LogP contribution in [0.5, 0.6) is 0 Å². The Morgan fingerprint density at radius 1 is 1.38 bits per heavy atom. The highest BCUT2D eigenvalue weighted by atomic mass is 35.5. The predicted octanol–water partition coefficient (Wildman–Crippen LogP) is 3.77. The Balaban J connectivity index is 1.68. The van der Waals surface area contributed by atoms with Gasteiger partial charge in [0.1, 0.15) is 5.82 Å². The van der Waals surface area contributed by atoms with Gasteiger partial charge in [0.2, 0.25) is 0 Å². The zero-order chi connectivity index (χ0) is 18.6. The lowest BCUT2D eigenvalue weighted by molar-refractivity contribution is -0.173. The molecule has 0 spiro atoms. The number of nitrogens with zero attached hydrogens (tertiary/aromatic N) is 1. The minimum Gasteiger partial charge on any atom is -0.362 e. The molecule has 0 fully saturated rings. The smallest absolute Gasteiger partial charge is 0.256 e. The maximum Gasteiger partial charge on any atom is 0.256 e. The molecule has 1 amide bonds. The van der Waals surface area contributed by atoms with Gasteiger partial charge in [0.05, 0.1) is 6.61 Å². The second-order valence-corrected chi connectivity index (χ2v) is 6.58. The van der Waals surface area contributed by atoms with Crippen LogP contribution in [0.15, 0.2) is 66.4 Å². The van der Waals surface area contributed by atoms with E-state index in [1.807, 2.05) is 31.2 Å². The zero-order valence-corrected chi connectivity index (χ0v) is 15.0. The van der Waals surface area contributed by atoms with Crippen molar-refractivity contribution in [2.75, 3.05) is 5.32 Å². The topological polar surface area (TPSA) is 71.5 Å². The van der Waals surface area contributed by atoms with Gasteiger partial charge in [0, 0.05) is 23.2 Å². The van der Waals surface area contributed by atoms with E-state index in [9.17, 15) is 9.90 Å². The predicted molar refractivity (Wildman–Crippen MR) is 101 cm³/mol. The van der Waals surface area contributed by atoms with Crippen LogP contribution in [0, 0.1) is 6.92 Å². The molecule has 2 N–H and O–H groups in total. The van der Waals surface area contributed by atoms with Crippen LogP contribution >= 0.6 is 11.6 Å². The lowest BCUT2D eigenvalue weighted by atomic mass is 10.0. The summed E-state index contributed by atoms with van der Waals surface area (Å²) in [5.74, 6) is -1.59. The number of aliphatic hydroxyl groups is 1. The Morgan fingerprint density at radius 2 is 2.23 bits per heavy atom. The average molecular weight is 371 g/mol. The van der Waals surface area contributed by atoms with Crippen molar-refractivity contribution >= 4 is 23.3 Å². The molecule has 0 radical (unpaired) electrons. The van der Waals surface area contributed by atoms with Gasteiger partial charge in [-0.1, -0.05) is 53.6 Å². The third-order valence-corrected chi connectivity index (χ3v) is 4.12. The summed E-state index contributed by atoms with van der Waals surface area (Å²) in [6.45, 7) is 2.24. The minimum atomic E-state index is -1.53. The van der Waals surface area contributed by atoms with Crippen LogP contribution in [0.25, 0.3) is 0 Å². The van der Waals surface area contributed by atoms with Crippen molar-refractivity contribution in [3.05, 3.63) is 82.5 Å². The molecule has 5 nitrogen and oxygen atoms in total.